The van der Waals surface area contributed by atoms with Gasteiger partial charge in [0.1, 0.15) is 5.75 Å². The summed E-state index contributed by atoms with van der Waals surface area (Å²) in [6.45, 7) is 1.77. The summed E-state index contributed by atoms with van der Waals surface area (Å²) in [7, 11) is 2.02. The normalized spacial score (nSPS) is 18.1. The summed E-state index contributed by atoms with van der Waals surface area (Å²) in [5.41, 5.74) is 2.72. The molecule has 21 heavy (non-hydrogen) atoms. The summed E-state index contributed by atoms with van der Waals surface area (Å²) in [6, 6.07) is 16.9. The van der Waals surface area contributed by atoms with E-state index < -0.39 is 0 Å². The molecule has 0 bridgehead atoms. The van der Waals surface area contributed by atoms with E-state index in [1.54, 1.807) is 0 Å². The van der Waals surface area contributed by atoms with Gasteiger partial charge in [-0.3, -0.25) is 0 Å². The number of hydrogen-bond donors (Lipinski definition) is 1. The van der Waals surface area contributed by atoms with Crippen LogP contribution in [0.1, 0.15) is 29.4 Å². The van der Waals surface area contributed by atoms with Gasteiger partial charge in [-0.1, -0.05) is 52.3 Å². The van der Waals surface area contributed by atoms with Gasteiger partial charge in [-0.15, -0.1) is 0 Å². The van der Waals surface area contributed by atoms with E-state index in [9.17, 15) is 0 Å². The molecular weight excluding hydrogens is 326 g/mol. The summed E-state index contributed by atoms with van der Waals surface area (Å²) in [6.07, 6.45) is 1.10. The minimum absolute atomic E-state index is 0.477. The molecule has 3 heteroatoms. The van der Waals surface area contributed by atoms with Gasteiger partial charge in [-0.25, -0.2) is 0 Å². The number of benzene rings is 2. The maximum absolute atomic E-state index is 5.82. The predicted octanol–water partition coefficient (Wildman–Crippen LogP) is 4.32. The minimum Gasteiger partial charge on any atom is -0.493 e. The van der Waals surface area contributed by atoms with Crippen LogP contribution in [0.2, 0.25) is 0 Å². The van der Waals surface area contributed by atoms with Crippen LogP contribution in [0.15, 0.2) is 53.0 Å². The zero-order chi connectivity index (χ0) is 14.7. The maximum Gasteiger partial charge on any atom is 0.122 e. The number of ether oxygens (including phenoxy) is 1. The van der Waals surface area contributed by atoms with E-state index >= 15 is 0 Å². The quantitative estimate of drug-likeness (QED) is 0.871. The fourth-order valence-electron chi connectivity index (χ4n) is 3.14. The number of likely N-dealkylation sites (N-methyl/N-ethyl adjacent to an activating group) is 1. The molecule has 110 valence electrons. The van der Waals surface area contributed by atoms with Crippen LogP contribution < -0.4 is 10.1 Å². The second-order valence-electron chi connectivity index (χ2n) is 5.56. The highest BCUT2D eigenvalue weighted by Crippen LogP contribution is 2.40. The highest BCUT2D eigenvalue weighted by molar-refractivity contribution is 9.10. The molecule has 2 aromatic rings. The lowest BCUT2D eigenvalue weighted by Gasteiger charge is -2.21. The summed E-state index contributed by atoms with van der Waals surface area (Å²) in [4.78, 5) is 0. The lowest BCUT2D eigenvalue weighted by Crippen LogP contribution is -2.20. The van der Waals surface area contributed by atoms with Crippen molar-refractivity contribution in [2.24, 2.45) is 0 Å². The fraction of sp³-hybridized carbons (Fsp3) is 0.333. The van der Waals surface area contributed by atoms with Gasteiger partial charge in [0, 0.05) is 22.5 Å². The molecule has 0 saturated carbocycles. The van der Waals surface area contributed by atoms with Crippen LogP contribution in [0.4, 0.5) is 0 Å². The molecule has 0 radical (unpaired) electrons. The van der Waals surface area contributed by atoms with Crippen molar-refractivity contribution in [3.8, 4) is 5.75 Å². The smallest absolute Gasteiger partial charge is 0.122 e. The first-order valence-electron chi connectivity index (χ1n) is 7.40. The molecule has 1 aliphatic rings. The zero-order valence-electron chi connectivity index (χ0n) is 12.2. The Hall–Kier alpha value is -1.32. The summed E-state index contributed by atoms with van der Waals surface area (Å²) in [5, 5.41) is 3.33. The second kappa shape index (κ2) is 6.63. The first kappa shape index (κ1) is 14.6. The number of fused-ring (bicyclic) bond motifs is 1. The van der Waals surface area contributed by atoms with E-state index in [2.05, 4.69) is 63.7 Å². The first-order chi connectivity index (χ1) is 10.3. The van der Waals surface area contributed by atoms with Crippen molar-refractivity contribution in [2.75, 3.05) is 20.2 Å². The summed E-state index contributed by atoms with van der Waals surface area (Å²) < 4.78 is 7.02. The highest BCUT2D eigenvalue weighted by atomic mass is 79.9. The number of halogens is 1. The second-order valence-corrected chi connectivity index (χ2v) is 6.41. The van der Waals surface area contributed by atoms with Crippen LogP contribution in [-0.4, -0.2) is 20.2 Å². The lowest BCUT2D eigenvalue weighted by atomic mass is 9.86. The van der Waals surface area contributed by atoms with Crippen molar-refractivity contribution in [2.45, 2.75) is 18.3 Å². The van der Waals surface area contributed by atoms with Crippen LogP contribution in [0.3, 0.4) is 0 Å². The van der Waals surface area contributed by atoms with Crippen molar-refractivity contribution in [3.05, 3.63) is 64.1 Å². The summed E-state index contributed by atoms with van der Waals surface area (Å²) in [5.74, 6) is 2.01. The molecule has 1 aliphatic heterocycles. The van der Waals surface area contributed by atoms with Crippen LogP contribution in [0.5, 0.6) is 5.75 Å². The predicted molar refractivity (Wildman–Crippen MR) is 90.1 cm³/mol. The standard InChI is InChI=1S/C18H20BrNO/c1-20-11-13(15-6-2-4-8-17(15)19)10-14-12-21-18-9-5-3-7-16(14)18/h2-9,13-14,20H,10-12H2,1H3. The molecule has 1 N–H and O–H groups in total. The third-order valence-corrected chi connectivity index (χ3v) is 4.89. The van der Waals surface area contributed by atoms with Gasteiger partial charge < -0.3 is 10.1 Å². The van der Waals surface area contributed by atoms with E-state index in [1.807, 2.05) is 13.1 Å². The summed E-state index contributed by atoms with van der Waals surface area (Å²) >= 11 is 3.69. The molecule has 0 aromatic heterocycles. The Morgan fingerprint density at radius 3 is 2.76 bits per heavy atom. The molecule has 2 aromatic carbocycles. The lowest BCUT2D eigenvalue weighted by molar-refractivity contribution is 0.317. The van der Waals surface area contributed by atoms with E-state index in [-0.39, 0.29) is 0 Å². The van der Waals surface area contributed by atoms with Crippen molar-refractivity contribution < 1.29 is 4.74 Å². The number of rotatable bonds is 5. The van der Waals surface area contributed by atoms with Crippen LogP contribution >= 0.6 is 15.9 Å². The van der Waals surface area contributed by atoms with Gasteiger partial charge in [0.2, 0.25) is 0 Å². The van der Waals surface area contributed by atoms with Crippen LogP contribution in [0.25, 0.3) is 0 Å². The van der Waals surface area contributed by atoms with E-state index in [1.165, 1.54) is 15.6 Å². The third kappa shape index (κ3) is 3.14. The Morgan fingerprint density at radius 2 is 1.95 bits per heavy atom. The molecule has 2 unspecified atom stereocenters. The monoisotopic (exact) mass is 345 g/mol. The Balaban J connectivity index is 1.82. The van der Waals surface area contributed by atoms with Crippen molar-refractivity contribution in [3.63, 3.8) is 0 Å². The largest absolute Gasteiger partial charge is 0.493 e. The molecule has 0 saturated heterocycles. The van der Waals surface area contributed by atoms with Crippen LogP contribution in [0, 0.1) is 0 Å². The SMILES string of the molecule is CNCC(CC1COc2ccccc21)c1ccccc1Br. The van der Waals surface area contributed by atoms with Crippen molar-refractivity contribution in [1.82, 2.24) is 5.32 Å². The molecular formula is C18H20BrNO. The molecule has 1 heterocycles. The first-order valence-corrected chi connectivity index (χ1v) is 8.19. The Labute approximate surface area is 134 Å². The zero-order valence-corrected chi connectivity index (χ0v) is 13.8. The van der Waals surface area contributed by atoms with Gasteiger partial charge in [-0.05, 0) is 37.1 Å². The van der Waals surface area contributed by atoms with Gasteiger partial charge in [0.05, 0.1) is 6.61 Å². The molecule has 0 amide bonds. The average molecular weight is 346 g/mol. The Morgan fingerprint density at radius 1 is 1.19 bits per heavy atom. The number of nitrogens with one attached hydrogen (secondary N) is 1. The molecule has 0 aliphatic carbocycles. The van der Waals surface area contributed by atoms with Crippen molar-refractivity contribution in [1.29, 1.82) is 0 Å². The average Bonchev–Trinajstić information content (AvgIpc) is 2.91. The van der Waals surface area contributed by atoms with Gasteiger partial charge in [0.15, 0.2) is 0 Å². The molecule has 0 spiro atoms. The van der Waals surface area contributed by atoms with E-state index in [0.29, 0.717) is 11.8 Å². The third-order valence-electron chi connectivity index (χ3n) is 4.16. The molecule has 2 nitrogen and oxygen atoms in total. The number of para-hydroxylation sites is 1. The van der Waals surface area contributed by atoms with Gasteiger partial charge in [-0.2, -0.15) is 0 Å². The molecule has 0 fully saturated rings. The van der Waals surface area contributed by atoms with E-state index in [0.717, 1.165) is 25.3 Å². The Kier molecular flexibility index (Phi) is 4.61. The van der Waals surface area contributed by atoms with Crippen LogP contribution in [-0.2, 0) is 0 Å². The molecule has 3 rings (SSSR count). The number of hydrogen-bond acceptors (Lipinski definition) is 2. The van der Waals surface area contributed by atoms with Crippen molar-refractivity contribution >= 4 is 15.9 Å². The maximum atomic E-state index is 5.82. The molecule has 2 atom stereocenters. The van der Waals surface area contributed by atoms with Gasteiger partial charge in [0.25, 0.3) is 0 Å². The topological polar surface area (TPSA) is 21.3 Å². The van der Waals surface area contributed by atoms with E-state index in [4.69, 9.17) is 4.74 Å². The van der Waals surface area contributed by atoms with Gasteiger partial charge >= 0.3 is 0 Å². The highest BCUT2D eigenvalue weighted by Gasteiger charge is 2.27. The minimum atomic E-state index is 0.477. The fourth-order valence-corrected chi connectivity index (χ4v) is 3.75. The Bertz CT molecular complexity index is 614.